The molecular formula is C15H22N2O2. The first-order chi connectivity index (χ1) is 9.16. The van der Waals surface area contributed by atoms with Gasteiger partial charge in [0.25, 0.3) is 0 Å². The third-order valence-electron chi connectivity index (χ3n) is 3.55. The average Bonchev–Trinajstić information content (AvgIpc) is 2.91. The van der Waals surface area contributed by atoms with Gasteiger partial charge in [-0.25, -0.2) is 0 Å². The lowest BCUT2D eigenvalue weighted by Crippen LogP contribution is -2.38. The first-order valence-electron chi connectivity index (χ1n) is 6.82. The van der Waals surface area contributed by atoms with E-state index in [1.165, 1.54) is 0 Å². The maximum atomic E-state index is 12.0. The monoisotopic (exact) mass is 262 g/mol. The second-order valence-corrected chi connectivity index (χ2v) is 5.07. The minimum Gasteiger partial charge on any atom is -0.493 e. The second kappa shape index (κ2) is 6.57. The normalized spacial score (nSPS) is 18.3. The summed E-state index contributed by atoms with van der Waals surface area (Å²) in [7, 11) is 1.88. The summed E-state index contributed by atoms with van der Waals surface area (Å²) in [4.78, 5) is 13.9. The van der Waals surface area contributed by atoms with Crippen LogP contribution in [0.4, 0.5) is 0 Å². The highest BCUT2D eigenvalue weighted by atomic mass is 16.5. The van der Waals surface area contributed by atoms with Gasteiger partial charge >= 0.3 is 0 Å². The fourth-order valence-electron chi connectivity index (χ4n) is 2.31. The Kier molecular flexibility index (Phi) is 4.80. The molecule has 4 heteroatoms. The maximum absolute atomic E-state index is 12.0. The Bertz CT molecular complexity index is 428. The van der Waals surface area contributed by atoms with Crippen LogP contribution < -0.4 is 10.1 Å². The molecule has 1 N–H and O–H groups in total. The highest BCUT2D eigenvalue weighted by Crippen LogP contribution is 2.13. The quantitative estimate of drug-likeness (QED) is 0.876. The fourth-order valence-corrected chi connectivity index (χ4v) is 2.31. The first kappa shape index (κ1) is 13.9. The van der Waals surface area contributed by atoms with Gasteiger partial charge in [0.1, 0.15) is 5.75 Å². The molecule has 1 aromatic rings. The molecular weight excluding hydrogens is 240 g/mol. The zero-order valence-electron chi connectivity index (χ0n) is 11.7. The number of hydrogen-bond acceptors (Lipinski definition) is 3. The van der Waals surface area contributed by atoms with Crippen molar-refractivity contribution in [2.75, 3.05) is 26.7 Å². The van der Waals surface area contributed by atoms with Gasteiger partial charge in [0.2, 0.25) is 5.91 Å². The molecule has 104 valence electrons. The maximum Gasteiger partial charge on any atom is 0.226 e. The highest BCUT2D eigenvalue weighted by Gasteiger charge is 2.22. The van der Waals surface area contributed by atoms with Crippen LogP contribution in [0.3, 0.4) is 0 Å². The lowest BCUT2D eigenvalue weighted by Gasteiger charge is -2.23. The van der Waals surface area contributed by atoms with E-state index in [9.17, 15) is 4.79 Å². The largest absolute Gasteiger partial charge is 0.493 e. The van der Waals surface area contributed by atoms with E-state index in [2.05, 4.69) is 5.32 Å². The molecule has 0 spiro atoms. The highest BCUT2D eigenvalue weighted by molar-refractivity contribution is 5.76. The number of aryl methyl sites for hydroxylation is 1. The zero-order valence-corrected chi connectivity index (χ0v) is 11.7. The molecule has 1 amide bonds. The van der Waals surface area contributed by atoms with Gasteiger partial charge in [0.15, 0.2) is 0 Å². The van der Waals surface area contributed by atoms with Gasteiger partial charge in [0, 0.05) is 19.6 Å². The number of carbonyl (C=O) groups excluding carboxylic acids is 1. The molecule has 1 aliphatic heterocycles. The van der Waals surface area contributed by atoms with Gasteiger partial charge in [-0.05, 0) is 37.6 Å². The molecule has 1 atom stereocenters. The van der Waals surface area contributed by atoms with E-state index in [0.29, 0.717) is 19.1 Å². The summed E-state index contributed by atoms with van der Waals surface area (Å²) >= 11 is 0. The number of benzene rings is 1. The summed E-state index contributed by atoms with van der Waals surface area (Å²) in [5.41, 5.74) is 1.16. The van der Waals surface area contributed by atoms with Crippen LogP contribution in [0.1, 0.15) is 18.4 Å². The molecule has 1 aliphatic rings. The van der Waals surface area contributed by atoms with E-state index in [4.69, 9.17) is 4.74 Å². The number of rotatable bonds is 5. The molecule has 2 rings (SSSR count). The van der Waals surface area contributed by atoms with E-state index in [-0.39, 0.29) is 5.91 Å². The van der Waals surface area contributed by atoms with Crippen molar-refractivity contribution < 1.29 is 9.53 Å². The number of nitrogens with one attached hydrogen (secondary N) is 1. The molecule has 0 bridgehead atoms. The fraction of sp³-hybridized carbons (Fsp3) is 0.533. The molecule has 1 unspecified atom stereocenters. The molecule has 0 aliphatic carbocycles. The number of hydrogen-bond donors (Lipinski definition) is 1. The van der Waals surface area contributed by atoms with Crippen LogP contribution in [0.15, 0.2) is 24.3 Å². The molecule has 1 saturated heterocycles. The number of ether oxygens (including phenoxy) is 1. The molecule has 1 aromatic carbocycles. The standard InChI is InChI=1S/C15H22N2O2/c1-12-4-3-5-14(10-12)19-9-7-15(18)17(2)13-6-8-16-11-13/h3-5,10,13,16H,6-9,11H2,1-2H3. The predicted octanol–water partition coefficient (Wildman–Crippen LogP) is 1.58. The van der Waals surface area contributed by atoms with Gasteiger partial charge in [-0.3, -0.25) is 4.79 Å². The van der Waals surface area contributed by atoms with Crippen LogP contribution in [-0.2, 0) is 4.79 Å². The Labute approximate surface area is 114 Å². The summed E-state index contributed by atoms with van der Waals surface area (Å²) in [5.74, 6) is 0.985. The minimum absolute atomic E-state index is 0.154. The topological polar surface area (TPSA) is 41.6 Å². The lowest BCUT2D eigenvalue weighted by molar-refractivity contribution is -0.132. The molecule has 4 nitrogen and oxygen atoms in total. The van der Waals surface area contributed by atoms with Crippen LogP contribution in [0, 0.1) is 6.92 Å². The van der Waals surface area contributed by atoms with Gasteiger partial charge in [-0.2, -0.15) is 0 Å². The number of amides is 1. The smallest absolute Gasteiger partial charge is 0.226 e. The van der Waals surface area contributed by atoms with Crippen molar-refractivity contribution >= 4 is 5.91 Å². The van der Waals surface area contributed by atoms with E-state index in [1.54, 1.807) is 0 Å². The van der Waals surface area contributed by atoms with Gasteiger partial charge in [-0.1, -0.05) is 12.1 Å². The van der Waals surface area contributed by atoms with Crippen LogP contribution >= 0.6 is 0 Å². The summed E-state index contributed by atoms with van der Waals surface area (Å²) < 4.78 is 5.61. The number of carbonyl (C=O) groups is 1. The van der Waals surface area contributed by atoms with Crippen molar-refractivity contribution in [3.63, 3.8) is 0 Å². The summed E-state index contributed by atoms with van der Waals surface area (Å²) in [6, 6.07) is 8.23. The lowest BCUT2D eigenvalue weighted by atomic mass is 10.2. The molecule has 0 aromatic heterocycles. The van der Waals surface area contributed by atoms with Crippen molar-refractivity contribution in [1.82, 2.24) is 10.2 Å². The Morgan fingerprint density at radius 3 is 3.05 bits per heavy atom. The second-order valence-electron chi connectivity index (χ2n) is 5.07. The predicted molar refractivity (Wildman–Crippen MR) is 75.3 cm³/mol. The molecule has 1 fully saturated rings. The molecule has 0 saturated carbocycles. The van der Waals surface area contributed by atoms with E-state index >= 15 is 0 Å². The molecule has 0 radical (unpaired) electrons. The van der Waals surface area contributed by atoms with Crippen LogP contribution in [0.2, 0.25) is 0 Å². The van der Waals surface area contributed by atoms with Gasteiger partial charge < -0.3 is 15.0 Å². The number of nitrogens with zero attached hydrogens (tertiary/aromatic N) is 1. The Hall–Kier alpha value is -1.55. The summed E-state index contributed by atoms with van der Waals surface area (Å²) in [6.45, 7) is 4.37. The Balaban J connectivity index is 1.74. The third kappa shape index (κ3) is 3.96. The van der Waals surface area contributed by atoms with Crippen molar-refractivity contribution in [3.8, 4) is 5.75 Å². The van der Waals surface area contributed by atoms with E-state index in [1.807, 2.05) is 43.1 Å². The van der Waals surface area contributed by atoms with Crippen LogP contribution in [0.5, 0.6) is 5.75 Å². The van der Waals surface area contributed by atoms with Crippen LogP contribution in [0.25, 0.3) is 0 Å². The van der Waals surface area contributed by atoms with Gasteiger partial charge in [0.05, 0.1) is 13.0 Å². The average molecular weight is 262 g/mol. The molecule has 1 heterocycles. The van der Waals surface area contributed by atoms with Crippen LogP contribution in [-0.4, -0.2) is 43.6 Å². The van der Waals surface area contributed by atoms with E-state index in [0.717, 1.165) is 30.8 Å². The van der Waals surface area contributed by atoms with Gasteiger partial charge in [-0.15, -0.1) is 0 Å². The third-order valence-corrected chi connectivity index (χ3v) is 3.55. The summed E-state index contributed by atoms with van der Waals surface area (Å²) in [6.07, 6.45) is 1.47. The number of likely N-dealkylation sites (N-methyl/N-ethyl adjacent to an activating group) is 1. The van der Waals surface area contributed by atoms with Crippen molar-refractivity contribution in [1.29, 1.82) is 0 Å². The SMILES string of the molecule is Cc1cccc(OCCC(=O)N(C)C2CCNC2)c1. The van der Waals surface area contributed by atoms with Crippen molar-refractivity contribution in [2.24, 2.45) is 0 Å². The summed E-state index contributed by atoms with van der Waals surface area (Å²) in [5, 5.41) is 3.27. The molecule has 19 heavy (non-hydrogen) atoms. The van der Waals surface area contributed by atoms with Crippen molar-refractivity contribution in [2.45, 2.75) is 25.8 Å². The zero-order chi connectivity index (χ0) is 13.7. The van der Waals surface area contributed by atoms with E-state index < -0.39 is 0 Å². The first-order valence-corrected chi connectivity index (χ1v) is 6.82. The minimum atomic E-state index is 0.154. The Morgan fingerprint density at radius 2 is 2.37 bits per heavy atom. The Morgan fingerprint density at radius 1 is 1.53 bits per heavy atom. The van der Waals surface area contributed by atoms with Crippen molar-refractivity contribution in [3.05, 3.63) is 29.8 Å².